The van der Waals surface area contributed by atoms with Gasteiger partial charge in [-0.05, 0) is 31.9 Å². The van der Waals surface area contributed by atoms with Crippen molar-refractivity contribution in [3.8, 4) is 0 Å². The number of thioether (sulfide) groups is 1. The summed E-state index contributed by atoms with van der Waals surface area (Å²) in [6.07, 6.45) is 10.1. The van der Waals surface area contributed by atoms with E-state index in [-0.39, 0.29) is 17.3 Å². The standard InChI is InChI=1S/C10H18N2OS/c1-14-10(13)12-9-7-5-3-2-4-6-8(9)11/h3,5,8-9H,2,4,6-7,11H2,1H3,(H,12,13)/b5-3+/t8-,9+/m1/s1. The summed E-state index contributed by atoms with van der Waals surface area (Å²) in [7, 11) is 0. The van der Waals surface area contributed by atoms with Crippen molar-refractivity contribution < 1.29 is 4.79 Å². The highest BCUT2D eigenvalue weighted by molar-refractivity contribution is 8.12. The van der Waals surface area contributed by atoms with Crippen LogP contribution in [0.4, 0.5) is 4.79 Å². The Morgan fingerprint density at radius 1 is 1.57 bits per heavy atom. The molecule has 0 spiro atoms. The van der Waals surface area contributed by atoms with Gasteiger partial charge in [-0.25, -0.2) is 0 Å². The topological polar surface area (TPSA) is 55.1 Å². The monoisotopic (exact) mass is 214 g/mol. The molecule has 1 rings (SSSR count). The molecule has 0 bridgehead atoms. The average Bonchev–Trinajstić information content (AvgIpc) is 2.17. The largest absolute Gasteiger partial charge is 0.342 e. The maximum atomic E-state index is 11.2. The molecule has 3 N–H and O–H groups in total. The van der Waals surface area contributed by atoms with Crippen LogP contribution in [-0.2, 0) is 0 Å². The van der Waals surface area contributed by atoms with Gasteiger partial charge in [-0.15, -0.1) is 0 Å². The average molecular weight is 214 g/mol. The first-order valence-electron chi connectivity index (χ1n) is 4.99. The van der Waals surface area contributed by atoms with E-state index in [1.165, 1.54) is 11.8 Å². The predicted molar refractivity (Wildman–Crippen MR) is 61.4 cm³/mol. The molecule has 14 heavy (non-hydrogen) atoms. The molecule has 0 saturated carbocycles. The highest BCUT2D eigenvalue weighted by Gasteiger charge is 2.18. The molecule has 0 aromatic carbocycles. The summed E-state index contributed by atoms with van der Waals surface area (Å²) in [6.45, 7) is 0. The van der Waals surface area contributed by atoms with Gasteiger partial charge in [-0.1, -0.05) is 23.9 Å². The zero-order valence-corrected chi connectivity index (χ0v) is 9.35. The Bertz CT molecular complexity index is 218. The first kappa shape index (κ1) is 11.6. The van der Waals surface area contributed by atoms with E-state index in [4.69, 9.17) is 5.73 Å². The van der Waals surface area contributed by atoms with Gasteiger partial charge in [-0.2, -0.15) is 0 Å². The number of nitrogens with one attached hydrogen (secondary N) is 1. The van der Waals surface area contributed by atoms with E-state index in [1.807, 2.05) is 0 Å². The van der Waals surface area contributed by atoms with Gasteiger partial charge in [0.1, 0.15) is 0 Å². The summed E-state index contributed by atoms with van der Waals surface area (Å²) >= 11 is 1.20. The molecular formula is C10H18N2OS. The van der Waals surface area contributed by atoms with Gasteiger partial charge in [-0.3, -0.25) is 4.79 Å². The molecule has 3 nitrogen and oxygen atoms in total. The Morgan fingerprint density at radius 3 is 3.07 bits per heavy atom. The molecule has 0 unspecified atom stereocenters. The minimum Gasteiger partial charge on any atom is -0.342 e. The van der Waals surface area contributed by atoms with Crippen molar-refractivity contribution in [2.45, 2.75) is 37.8 Å². The quantitative estimate of drug-likeness (QED) is 0.655. The number of allylic oxidation sites excluding steroid dienone is 1. The molecular weight excluding hydrogens is 196 g/mol. The van der Waals surface area contributed by atoms with Crippen LogP contribution in [0.25, 0.3) is 0 Å². The third-order valence-corrected chi connectivity index (χ3v) is 2.96. The van der Waals surface area contributed by atoms with Crippen LogP contribution in [0.3, 0.4) is 0 Å². The van der Waals surface area contributed by atoms with Gasteiger partial charge in [0, 0.05) is 12.1 Å². The molecule has 0 aromatic rings. The lowest BCUT2D eigenvalue weighted by Gasteiger charge is -2.24. The maximum absolute atomic E-state index is 11.2. The van der Waals surface area contributed by atoms with Gasteiger partial charge in [0.2, 0.25) is 0 Å². The smallest absolute Gasteiger partial charge is 0.279 e. The van der Waals surface area contributed by atoms with Crippen molar-refractivity contribution in [1.82, 2.24) is 5.32 Å². The summed E-state index contributed by atoms with van der Waals surface area (Å²) in [5, 5.41) is 2.95. The molecule has 0 saturated heterocycles. The van der Waals surface area contributed by atoms with Crippen molar-refractivity contribution in [2.24, 2.45) is 5.73 Å². The minimum absolute atomic E-state index is 0.0134. The lowest BCUT2D eigenvalue weighted by atomic mass is 9.97. The number of nitrogens with two attached hydrogens (primary N) is 1. The van der Waals surface area contributed by atoms with Crippen molar-refractivity contribution in [3.05, 3.63) is 12.2 Å². The normalized spacial score (nSPS) is 30.1. The van der Waals surface area contributed by atoms with Crippen molar-refractivity contribution in [3.63, 3.8) is 0 Å². The number of hydrogen-bond donors (Lipinski definition) is 2. The van der Waals surface area contributed by atoms with Crippen molar-refractivity contribution in [2.75, 3.05) is 6.26 Å². The van der Waals surface area contributed by atoms with Crippen LogP contribution in [-0.4, -0.2) is 23.6 Å². The van der Waals surface area contributed by atoms with Gasteiger partial charge >= 0.3 is 0 Å². The van der Waals surface area contributed by atoms with Crippen LogP contribution >= 0.6 is 11.8 Å². The second-order valence-electron chi connectivity index (χ2n) is 3.54. The van der Waals surface area contributed by atoms with Crippen LogP contribution < -0.4 is 11.1 Å². The number of rotatable bonds is 1. The Kier molecular flexibility index (Phi) is 5.04. The van der Waals surface area contributed by atoms with E-state index in [0.717, 1.165) is 25.7 Å². The summed E-state index contributed by atoms with van der Waals surface area (Å²) in [5.74, 6) is 0. The molecule has 1 aliphatic carbocycles. The summed E-state index contributed by atoms with van der Waals surface area (Å²) in [4.78, 5) is 11.2. The van der Waals surface area contributed by atoms with Crippen molar-refractivity contribution >= 4 is 17.0 Å². The zero-order valence-electron chi connectivity index (χ0n) is 8.53. The van der Waals surface area contributed by atoms with Crippen molar-refractivity contribution in [1.29, 1.82) is 0 Å². The Labute approximate surface area is 89.5 Å². The molecule has 0 fully saturated rings. The van der Waals surface area contributed by atoms with Crippen LogP contribution in [0.2, 0.25) is 0 Å². The third-order valence-electron chi connectivity index (χ3n) is 2.47. The molecule has 0 heterocycles. The fourth-order valence-corrected chi connectivity index (χ4v) is 1.85. The second-order valence-corrected chi connectivity index (χ2v) is 4.32. The Hall–Kier alpha value is -0.480. The zero-order chi connectivity index (χ0) is 10.4. The van der Waals surface area contributed by atoms with Gasteiger partial charge < -0.3 is 11.1 Å². The molecule has 0 aromatic heterocycles. The first-order valence-corrected chi connectivity index (χ1v) is 6.21. The summed E-state index contributed by atoms with van der Waals surface area (Å²) < 4.78 is 0. The van der Waals surface area contributed by atoms with Gasteiger partial charge in [0.15, 0.2) is 0 Å². The predicted octanol–water partition coefficient (Wildman–Crippen LogP) is 1.89. The van der Waals surface area contributed by atoms with E-state index < -0.39 is 0 Å². The number of carbonyl (C=O) groups is 1. The number of amides is 1. The molecule has 1 amide bonds. The molecule has 4 heteroatoms. The highest BCUT2D eigenvalue weighted by Crippen LogP contribution is 2.12. The Morgan fingerprint density at radius 2 is 2.36 bits per heavy atom. The second kappa shape index (κ2) is 6.09. The molecule has 1 aliphatic rings. The lowest BCUT2D eigenvalue weighted by Crippen LogP contribution is -2.46. The van der Waals surface area contributed by atoms with E-state index in [9.17, 15) is 4.79 Å². The SMILES string of the molecule is CSC(=O)N[C@H]1C/C=C/CCC[C@H]1N. The van der Waals surface area contributed by atoms with Gasteiger partial charge in [0.25, 0.3) is 5.24 Å². The molecule has 2 atom stereocenters. The first-order chi connectivity index (χ1) is 6.74. The van der Waals surface area contributed by atoms with Gasteiger partial charge in [0.05, 0.1) is 0 Å². The van der Waals surface area contributed by atoms with Crippen LogP contribution in [0.1, 0.15) is 25.7 Å². The highest BCUT2D eigenvalue weighted by atomic mass is 32.2. The molecule has 80 valence electrons. The number of hydrogen-bond acceptors (Lipinski definition) is 3. The van der Waals surface area contributed by atoms with Crippen LogP contribution in [0.5, 0.6) is 0 Å². The maximum Gasteiger partial charge on any atom is 0.279 e. The number of carbonyl (C=O) groups excluding carboxylic acids is 1. The van der Waals surface area contributed by atoms with E-state index in [1.54, 1.807) is 6.26 Å². The summed E-state index contributed by atoms with van der Waals surface area (Å²) in [5.41, 5.74) is 5.99. The third kappa shape index (κ3) is 3.72. The molecule has 0 radical (unpaired) electrons. The van der Waals surface area contributed by atoms with Crippen LogP contribution in [0, 0.1) is 0 Å². The summed E-state index contributed by atoms with van der Waals surface area (Å²) in [6, 6.07) is 0.197. The fourth-order valence-electron chi connectivity index (χ4n) is 1.58. The lowest BCUT2D eigenvalue weighted by molar-refractivity contribution is 0.254. The van der Waals surface area contributed by atoms with E-state index in [2.05, 4.69) is 17.5 Å². The van der Waals surface area contributed by atoms with E-state index in [0.29, 0.717) is 0 Å². The van der Waals surface area contributed by atoms with Crippen LogP contribution in [0.15, 0.2) is 12.2 Å². The Balaban J connectivity index is 2.49. The molecule has 0 aliphatic heterocycles. The fraction of sp³-hybridized carbons (Fsp3) is 0.700. The van der Waals surface area contributed by atoms with E-state index >= 15 is 0 Å². The minimum atomic E-state index is 0.0134.